The van der Waals surface area contributed by atoms with E-state index < -0.39 is 12.0 Å². The molecule has 0 radical (unpaired) electrons. The minimum atomic E-state index is -0.996. The van der Waals surface area contributed by atoms with Crippen LogP contribution < -0.4 is 0 Å². The molecule has 6 nitrogen and oxygen atoms in total. The van der Waals surface area contributed by atoms with Crippen molar-refractivity contribution in [1.29, 1.82) is 5.26 Å². The van der Waals surface area contributed by atoms with E-state index in [9.17, 15) is 10.4 Å². The number of aliphatic hydroxyl groups is 1. The van der Waals surface area contributed by atoms with E-state index in [-0.39, 0.29) is 0 Å². The molecule has 132 valence electrons. The van der Waals surface area contributed by atoms with Gasteiger partial charge in [-0.3, -0.25) is 4.90 Å². The number of aromatic nitrogens is 1. The number of likely N-dealkylation sites (N-methyl/N-ethyl adjacent to an activating group) is 1. The zero-order chi connectivity index (χ0) is 17.8. The van der Waals surface area contributed by atoms with Crippen molar-refractivity contribution in [2.24, 2.45) is 5.92 Å². The predicted octanol–water partition coefficient (Wildman–Crippen LogP) is 2.42. The molecule has 1 aromatic carbocycles. The molecule has 2 heterocycles. The molecule has 1 N–H and O–H groups in total. The number of rotatable bonds is 5. The minimum absolute atomic E-state index is 0.357. The van der Waals surface area contributed by atoms with Gasteiger partial charge in [-0.25, -0.2) is 0 Å². The summed E-state index contributed by atoms with van der Waals surface area (Å²) >= 11 is 6.16. The molecule has 0 bridgehead atoms. The van der Waals surface area contributed by atoms with Crippen LogP contribution in [0.3, 0.4) is 0 Å². The molecule has 0 aliphatic carbocycles. The van der Waals surface area contributed by atoms with Crippen LogP contribution in [0.4, 0.5) is 0 Å². The molecule has 25 heavy (non-hydrogen) atoms. The van der Waals surface area contributed by atoms with Gasteiger partial charge in [0.05, 0.1) is 17.0 Å². The SMILES string of the molecule is CN1CCN(C[C@@H](C#N)[C@@H](O)c2cc(-c3ccccc3Cl)on2)CC1. The largest absolute Gasteiger partial charge is 0.385 e. The maximum absolute atomic E-state index is 10.6. The highest BCUT2D eigenvalue weighted by Gasteiger charge is 2.27. The van der Waals surface area contributed by atoms with Crippen molar-refractivity contribution in [3.05, 3.63) is 41.0 Å². The average Bonchev–Trinajstić information content (AvgIpc) is 3.11. The Kier molecular flexibility index (Phi) is 5.71. The summed E-state index contributed by atoms with van der Waals surface area (Å²) in [5, 5.41) is 24.6. The van der Waals surface area contributed by atoms with Crippen LogP contribution in [0, 0.1) is 17.2 Å². The van der Waals surface area contributed by atoms with Crippen LogP contribution >= 0.6 is 11.6 Å². The molecule has 1 aromatic heterocycles. The topological polar surface area (TPSA) is 76.5 Å². The molecule has 0 saturated carbocycles. The number of nitrogens with zero attached hydrogens (tertiary/aromatic N) is 4. The van der Waals surface area contributed by atoms with Gasteiger partial charge in [0.15, 0.2) is 5.76 Å². The van der Waals surface area contributed by atoms with Crippen LogP contribution in [0.15, 0.2) is 34.9 Å². The van der Waals surface area contributed by atoms with Crippen LogP contribution in [-0.4, -0.2) is 59.8 Å². The molecular weight excluding hydrogens is 340 g/mol. The van der Waals surface area contributed by atoms with Gasteiger partial charge in [0, 0.05) is 44.4 Å². The summed E-state index contributed by atoms with van der Waals surface area (Å²) in [6.45, 7) is 4.24. The van der Waals surface area contributed by atoms with E-state index in [2.05, 4.69) is 28.1 Å². The summed E-state index contributed by atoms with van der Waals surface area (Å²) in [4.78, 5) is 4.45. The molecule has 1 saturated heterocycles. The number of hydrogen-bond donors (Lipinski definition) is 1. The molecule has 0 spiro atoms. The van der Waals surface area contributed by atoms with Crippen molar-refractivity contribution in [3.63, 3.8) is 0 Å². The van der Waals surface area contributed by atoms with Crippen LogP contribution in [0.2, 0.25) is 5.02 Å². The second kappa shape index (κ2) is 7.98. The quantitative estimate of drug-likeness (QED) is 0.882. The van der Waals surface area contributed by atoms with E-state index in [1.54, 1.807) is 12.1 Å². The molecule has 1 aliphatic rings. The van der Waals surface area contributed by atoms with Crippen molar-refractivity contribution in [3.8, 4) is 17.4 Å². The summed E-state index contributed by atoms with van der Waals surface area (Å²) in [5.74, 6) is -0.0801. The van der Waals surface area contributed by atoms with Crippen LogP contribution in [0.1, 0.15) is 11.8 Å². The Labute approximate surface area is 152 Å². The monoisotopic (exact) mass is 360 g/mol. The summed E-state index contributed by atoms with van der Waals surface area (Å²) in [7, 11) is 2.08. The standard InChI is InChI=1S/C18H21ClN4O2/c1-22-6-8-23(9-7-22)12-13(11-20)18(24)16-10-17(25-21-16)14-4-2-3-5-15(14)19/h2-5,10,13,18,24H,6-9,12H2,1H3/t13-,18-/m1/s1. The maximum atomic E-state index is 10.6. The Morgan fingerprint density at radius 3 is 2.72 bits per heavy atom. The van der Waals surface area contributed by atoms with E-state index in [0.717, 1.165) is 26.2 Å². The Morgan fingerprint density at radius 2 is 2.04 bits per heavy atom. The Morgan fingerprint density at radius 1 is 1.32 bits per heavy atom. The lowest BCUT2D eigenvalue weighted by molar-refractivity contribution is 0.0801. The van der Waals surface area contributed by atoms with Crippen molar-refractivity contribution in [2.75, 3.05) is 39.8 Å². The first-order valence-electron chi connectivity index (χ1n) is 8.28. The smallest absolute Gasteiger partial charge is 0.168 e. The highest BCUT2D eigenvalue weighted by Crippen LogP contribution is 2.31. The van der Waals surface area contributed by atoms with Gasteiger partial charge in [0.25, 0.3) is 0 Å². The van der Waals surface area contributed by atoms with Crippen LogP contribution in [-0.2, 0) is 0 Å². The van der Waals surface area contributed by atoms with Gasteiger partial charge in [-0.2, -0.15) is 5.26 Å². The van der Waals surface area contributed by atoms with Crippen LogP contribution in [0.25, 0.3) is 11.3 Å². The van der Waals surface area contributed by atoms with Crippen LogP contribution in [0.5, 0.6) is 0 Å². The first-order valence-corrected chi connectivity index (χ1v) is 8.66. The molecule has 0 amide bonds. The summed E-state index contributed by atoms with van der Waals surface area (Å²) in [5.41, 5.74) is 1.07. The highest BCUT2D eigenvalue weighted by atomic mass is 35.5. The maximum Gasteiger partial charge on any atom is 0.168 e. The number of piperazine rings is 1. The van der Waals surface area contributed by atoms with Gasteiger partial charge >= 0.3 is 0 Å². The molecule has 1 fully saturated rings. The zero-order valence-corrected chi connectivity index (χ0v) is 14.9. The van der Waals surface area contributed by atoms with Gasteiger partial charge in [0.1, 0.15) is 11.8 Å². The van der Waals surface area contributed by atoms with E-state index >= 15 is 0 Å². The summed E-state index contributed by atoms with van der Waals surface area (Å²) < 4.78 is 5.33. The first-order chi connectivity index (χ1) is 12.1. The predicted molar refractivity (Wildman–Crippen MR) is 94.9 cm³/mol. The van der Waals surface area contributed by atoms with Crippen molar-refractivity contribution >= 4 is 11.6 Å². The third kappa shape index (κ3) is 4.20. The molecule has 7 heteroatoms. The van der Waals surface area contributed by atoms with Crippen molar-refractivity contribution < 1.29 is 9.63 Å². The number of benzene rings is 1. The summed E-state index contributed by atoms with van der Waals surface area (Å²) in [6.07, 6.45) is -0.996. The first kappa shape index (κ1) is 17.9. The average molecular weight is 361 g/mol. The van der Waals surface area contributed by atoms with E-state index in [0.29, 0.717) is 28.6 Å². The number of nitriles is 1. The van der Waals surface area contributed by atoms with Gasteiger partial charge in [-0.05, 0) is 19.2 Å². The normalized spacial score (nSPS) is 18.6. The van der Waals surface area contributed by atoms with Gasteiger partial charge < -0.3 is 14.5 Å². The van der Waals surface area contributed by atoms with Gasteiger partial charge in [-0.15, -0.1) is 0 Å². The molecule has 1 aliphatic heterocycles. The van der Waals surface area contributed by atoms with Crippen molar-refractivity contribution in [1.82, 2.24) is 15.0 Å². The molecule has 0 unspecified atom stereocenters. The van der Waals surface area contributed by atoms with Crippen molar-refractivity contribution in [2.45, 2.75) is 6.10 Å². The number of aliphatic hydroxyl groups excluding tert-OH is 1. The lowest BCUT2D eigenvalue weighted by atomic mass is 9.99. The third-order valence-corrected chi connectivity index (χ3v) is 4.90. The lowest BCUT2D eigenvalue weighted by Gasteiger charge is -2.33. The number of halogens is 1. The Hall–Kier alpha value is -1.91. The summed E-state index contributed by atoms with van der Waals surface area (Å²) in [6, 6.07) is 11.1. The third-order valence-electron chi connectivity index (χ3n) is 4.57. The minimum Gasteiger partial charge on any atom is -0.385 e. The fourth-order valence-electron chi connectivity index (χ4n) is 2.94. The molecule has 3 rings (SSSR count). The highest BCUT2D eigenvalue weighted by molar-refractivity contribution is 6.33. The second-order valence-corrected chi connectivity index (χ2v) is 6.79. The van der Waals surface area contributed by atoms with E-state index in [4.69, 9.17) is 16.1 Å². The zero-order valence-electron chi connectivity index (χ0n) is 14.1. The number of hydrogen-bond acceptors (Lipinski definition) is 6. The van der Waals surface area contributed by atoms with Gasteiger partial charge in [0.2, 0.25) is 0 Å². The Balaban J connectivity index is 1.70. The second-order valence-electron chi connectivity index (χ2n) is 6.38. The Bertz CT molecular complexity index is 750. The molecular formula is C18H21ClN4O2. The molecule has 2 atom stereocenters. The fourth-order valence-corrected chi connectivity index (χ4v) is 3.17. The van der Waals surface area contributed by atoms with E-state index in [1.807, 2.05) is 18.2 Å². The molecule has 2 aromatic rings. The lowest BCUT2D eigenvalue weighted by Crippen LogP contribution is -2.46. The van der Waals surface area contributed by atoms with Gasteiger partial charge in [-0.1, -0.05) is 28.9 Å². The van der Waals surface area contributed by atoms with E-state index in [1.165, 1.54) is 0 Å². The fraction of sp³-hybridized carbons (Fsp3) is 0.444.